The Balaban J connectivity index is 2.16. The molecule has 1 fully saturated rings. The molecule has 1 aliphatic rings. The number of hydrogen-bond donors (Lipinski definition) is 1. The Kier molecular flexibility index (Phi) is 3.33. The third-order valence-electron chi connectivity index (χ3n) is 3.01. The molecule has 0 radical (unpaired) electrons. The molecule has 1 aromatic heterocycles. The van der Waals surface area contributed by atoms with E-state index in [4.69, 9.17) is 18.6 Å². The summed E-state index contributed by atoms with van der Waals surface area (Å²) < 4.78 is 21.4. The normalized spacial score (nSPS) is 15.8. The van der Waals surface area contributed by atoms with Crippen molar-refractivity contribution < 1.29 is 28.5 Å². The molecule has 6 nitrogen and oxygen atoms in total. The standard InChI is InChI=1S/C14H14O6/c1-2-17-13(16)11-9-7-8(15)3-4-10(9)20-12(11)14-18-5-6-19-14/h3-4,7,14-15H,2,5-6H2,1H3. The number of carbonyl (C=O) groups is 1. The van der Waals surface area contributed by atoms with Crippen molar-refractivity contribution in [3.63, 3.8) is 0 Å². The molecular weight excluding hydrogens is 264 g/mol. The van der Waals surface area contributed by atoms with Crippen LogP contribution in [0.3, 0.4) is 0 Å². The summed E-state index contributed by atoms with van der Waals surface area (Å²) >= 11 is 0. The molecule has 2 heterocycles. The fourth-order valence-corrected chi connectivity index (χ4v) is 2.19. The van der Waals surface area contributed by atoms with Gasteiger partial charge in [-0.15, -0.1) is 0 Å². The van der Waals surface area contributed by atoms with Crippen LogP contribution in [0.5, 0.6) is 5.75 Å². The zero-order chi connectivity index (χ0) is 14.1. The van der Waals surface area contributed by atoms with Crippen molar-refractivity contribution in [3.05, 3.63) is 29.5 Å². The van der Waals surface area contributed by atoms with E-state index < -0.39 is 12.3 Å². The number of furan rings is 1. The molecule has 1 aromatic carbocycles. The van der Waals surface area contributed by atoms with Crippen molar-refractivity contribution in [2.75, 3.05) is 19.8 Å². The summed E-state index contributed by atoms with van der Waals surface area (Å²) in [4.78, 5) is 12.1. The highest BCUT2D eigenvalue weighted by Crippen LogP contribution is 2.36. The number of phenols is 1. The van der Waals surface area contributed by atoms with E-state index in [0.717, 1.165) is 0 Å². The van der Waals surface area contributed by atoms with Crippen LogP contribution in [0.25, 0.3) is 11.0 Å². The van der Waals surface area contributed by atoms with Crippen molar-refractivity contribution in [3.8, 4) is 5.75 Å². The maximum atomic E-state index is 12.1. The molecule has 6 heteroatoms. The average molecular weight is 278 g/mol. The van der Waals surface area contributed by atoms with E-state index in [-0.39, 0.29) is 23.7 Å². The molecule has 0 aliphatic carbocycles. The molecule has 1 N–H and O–H groups in total. The van der Waals surface area contributed by atoms with E-state index in [1.807, 2.05) is 0 Å². The van der Waals surface area contributed by atoms with Crippen LogP contribution in [0.1, 0.15) is 29.3 Å². The highest BCUT2D eigenvalue weighted by Gasteiger charge is 2.31. The molecule has 106 valence electrons. The highest BCUT2D eigenvalue weighted by atomic mass is 16.7. The van der Waals surface area contributed by atoms with Crippen LogP contribution < -0.4 is 0 Å². The second kappa shape index (κ2) is 5.15. The number of carbonyl (C=O) groups excluding carboxylic acids is 1. The first-order valence-corrected chi connectivity index (χ1v) is 6.36. The quantitative estimate of drug-likeness (QED) is 0.868. The van der Waals surface area contributed by atoms with E-state index in [1.165, 1.54) is 12.1 Å². The third kappa shape index (κ3) is 2.13. The lowest BCUT2D eigenvalue weighted by Crippen LogP contribution is -2.09. The van der Waals surface area contributed by atoms with Gasteiger partial charge >= 0.3 is 5.97 Å². The zero-order valence-electron chi connectivity index (χ0n) is 10.9. The molecule has 0 bridgehead atoms. The van der Waals surface area contributed by atoms with Crippen LogP contribution in [0.4, 0.5) is 0 Å². The second-order valence-corrected chi connectivity index (χ2v) is 4.32. The summed E-state index contributed by atoms with van der Waals surface area (Å²) in [6.45, 7) is 2.85. The van der Waals surface area contributed by atoms with Crippen molar-refractivity contribution in [1.29, 1.82) is 0 Å². The van der Waals surface area contributed by atoms with Crippen molar-refractivity contribution in [2.45, 2.75) is 13.2 Å². The SMILES string of the molecule is CCOC(=O)c1c(C2OCCO2)oc2ccc(O)cc12. The van der Waals surface area contributed by atoms with Gasteiger partial charge in [0.1, 0.15) is 16.9 Å². The average Bonchev–Trinajstić information content (AvgIpc) is 3.05. The molecule has 1 saturated heterocycles. The van der Waals surface area contributed by atoms with Gasteiger partial charge in [-0.3, -0.25) is 0 Å². The smallest absolute Gasteiger partial charge is 0.342 e. The molecule has 1 aliphatic heterocycles. The van der Waals surface area contributed by atoms with Gasteiger partial charge in [0.15, 0.2) is 5.76 Å². The number of phenolic OH excluding ortho intramolecular Hbond substituents is 1. The minimum atomic E-state index is -0.719. The lowest BCUT2D eigenvalue weighted by Gasteiger charge is -2.08. The van der Waals surface area contributed by atoms with Crippen molar-refractivity contribution in [2.24, 2.45) is 0 Å². The third-order valence-corrected chi connectivity index (χ3v) is 3.01. The van der Waals surface area contributed by atoms with Crippen LogP contribution in [-0.2, 0) is 14.2 Å². The van der Waals surface area contributed by atoms with Gasteiger partial charge in [-0.1, -0.05) is 0 Å². The van der Waals surface area contributed by atoms with Gasteiger partial charge in [0, 0.05) is 5.39 Å². The first-order chi connectivity index (χ1) is 9.70. The van der Waals surface area contributed by atoms with E-state index in [2.05, 4.69) is 0 Å². The monoisotopic (exact) mass is 278 g/mol. The minimum absolute atomic E-state index is 0.0451. The number of aromatic hydroxyl groups is 1. The topological polar surface area (TPSA) is 78.1 Å². The molecule has 0 atom stereocenters. The van der Waals surface area contributed by atoms with Crippen LogP contribution in [-0.4, -0.2) is 30.9 Å². The largest absolute Gasteiger partial charge is 0.508 e. The second-order valence-electron chi connectivity index (χ2n) is 4.32. The Bertz CT molecular complexity index is 638. The summed E-state index contributed by atoms with van der Waals surface area (Å²) in [6.07, 6.45) is -0.719. The lowest BCUT2D eigenvalue weighted by molar-refractivity contribution is -0.0588. The molecule has 3 rings (SSSR count). The molecule has 0 amide bonds. The Morgan fingerprint density at radius 1 is 1.40 bits per heavy atom. The van der Waals surface area contributed by atoms with Gasteiger partial charge < -0.3 is 23.7 Å². The van der Waals surface area contributed by atoms with E-state index >= 15 is 0 Å². The van der Waals surface area contributed by atoms with Crippen LogP contribution in [0.15, 0.2) is 22.6 Å². The molecule has 2 aromatic rings. The van der Waals surface area contributed by atoms with E-state index in [1.54, 1.807) is 13.0 Å². The zero-order valence-corrected chi connectivity index (χ0v) is 10.9. The van der Waals surface area contributed by atoms with Gasteiger partial charge in [-0.25, -0.2) is 4.79 Å². The van der Waals surface area contributed by atoms with Gasteiger partial charge in [0.05, 0.1) is 19.8 Å². The number of benzene rings is 1. The van der Waals surface area contributed by atoms with Crippen LogP contribution in [0.2, 0.25) is 0 Å². The highest BCUT2D eigenvalue weighted by molar-refractivity contribution is 6.05. The maximum Gasteiger partial charge on any atom is 0.342 e. The van der Waals surface area contributed by atoms with Crippen LogP contribution in [0, 0.1) is 0 Å². The Morgan fingerprint density at radius 2 is 2.15 bits per heavy atom. The van der Waals surface area contributed by atoms with Crippen molar-refractivity contribution >= 4 is 16.9 Å². The first-order valence-electron chi connectivity index (χ1n) is 6.36. The summed E-state index contributed by atoms with van der Waals surface area (Å²) in [7, 11) is 0. The first kappa shape index (κ1) is 13.0. The Hall–Kier alpha value is -2.05. The van der Waals surface area contributed by atoms with Gasteiger partial charge in [0.25, 0.3) is 0 Å². The lowest BCUT2D eigenvalue weighted by atomic mass is 10.1. The number of ether oxygens (including phenoxy) is 3. The summed E-state index contributed by atoms with van der Waals surface area (Å²) in [5.74, 6) is -0.198. The van der Waals surface area contributed by atoms with E-state index in [9.17, 15) is 9.90 Å². The minimum Gasteiger partial charge on any atom is -0.508 e. The molecular formula is C14H14O6. The summed E-state index contributed by atoms with van der Waals surface area (Å²) in [6, 6.07) is 4.54. The number of hydrogen-bond acceptors (Lipinski definition) is 6. The molecule has 20 heavy (non-hydrogen) atoms. The van der Waals surface area contributed by atoms with E-state index in [0.29, 0.717) is 24.2 Å². The summed E-state index contributed by atoms with van der Waals surface area (Å²) in [5.41, 5.74) is 0.713. The summed E-state index contributed by atoms with van der Waals surface area (Å²) in [5, 5.41) is 10.1. The van der Waals surface area contributed by atoms with Gasteiger partial charge in [0.2, 0.25) is 6.29 Å². The number of esters is 1. The fraction of sp³-hybridized carbons (Fsp3) is 0.357. The molecule has 0 spiro atoms. The predicted octanol–water partition coefficient (Wildman–Crippen LogP) is 2.36. The maximum absolute atomic E-state index is 12.1. The number of rotatable bonds is 3. The Morgan fingerprint density at radius 3 is 2.85 bits per heavy atom. The van der Waals surface area contributed by atoms with Gasteiger partial charge in [-0.05, 0) is 25.1 Å². The Labute approximate surface area is 114 Å². The molecule has 0 unspecified atom stereocenters. The molecule has 0 saturated carbocycles. The van der Waals surface area contributed by atoms with Crippen LogP contribution >= 0.6 is 0 Å². The number of fused-ring (bicyclic) bond motifs is 1. The van der Waals surface area contributed by atoms with Gasteiger partial charge in [-0.2, -0.15) is 0 Å². The van der Waals surface area contributed by atoms with Crippen molar-refractivity contribution in [1.82, 2.24) is 0 Å². The predicted molar refractivity (Wildman–Crippen MR) is 68.5 cm³/mol. The fourth-order valence-electron chi connectivity index (χ4n) is 2.19.